The van der Waals surface area contributed by atoms with E-state index >= 15 is 0 Å². The van der Waals surface area contributed by atoms with Crippen molar-refractivity contribution in [3.05, 3.63) is 70.3 Å². The van der Waals surface area contributed by atoms with Gasteiger partial charge in [0.25, 0.3) is 5.91 Å². The summed E-state index contributed by atoms with van der Waals surface area (Å²) in [6.07, 6.45) is 2.48. The van der Waals surface area contributed by atoms with Crippen LogP contribution in [0.4, 0.5) is 5.82 Å². The number of para-hydroxylation sites is 2. The molecule has 0 aliphatic heterocycles. The molecule has 1 amide bonds. The molecule has 2 aromatic carbocycles. The number of hydrogen-bond acceptors (Lipinski definition) is 4. The molecule has 0 fully saturated rings. The second-order valence-electron chi connectivity index (χ2n) is 6.21. The highest BCUT2D eigenvalue weighted by molar-refractivity contribution is 6.35. The van der Waals surface area contributed by atoms with Gasteiger partial charge in [-0.15, -0.1) is 0 Å². The third kappa shape index (κ3) is 5.65. The summed E-state index contributed by atoms with van der Waals surface area (Å²) in [4.78, 5) is 12.4. The summed E-state index contributed by atoms with van der Waals surface area (Å²) in [5.41, 5.74) is 0.730. The van der Waals surface area contributed by atoms with Gasteiger partial charge in [0.05, 0.1) is 19.3 Å². The number of rotatable bonds is 9. The van der Waals surface area contributed by atoms with Crippen LogP contribution in [-0.4, -0.2) is 28.9 Å². The molecule has 0 unspecified atom stereocenters. The second kappa shape index (κ2) is 10.2. The van der Waals surface area contributed by atoms with Crippen molar-refractivity contribution >= 4 is 34.9 Å². The maximum absolute atomic E-state index is 12.4. The average Bonchev–Trinajstić information content (AvgIpc) is 3.15. The van der Waals surface area contributed by atoms with Crippen molar-refractivity contribution in [2.45, 2.75) is 19.9 Å². The topological polar surface area (TPSA) is 65.4 Å². The van der Waals surface area contributed by atoms with E-state index < -0.39 is 0 Å². The van der Waals surface area contributed by atoms with Gasteiger partial charge in [-0.05, 0) is 30.7 Å². The van der Waals surface area contributed by atoms with Crippen molar-refractivity contribution < 1.29 is 14.3 Å². The molecule has 3 rings (SSSR count). The van der Waals surface area contributed by atoms with Gasteiger partial charge >= 0.3 is 0 Å². The Labute approximate surface area is 179 Å². The van der Waals surface area contributed by atoms with Crippen LogP contribution in [0.25, 0.3) is 0 Å². The fourth-order valence-corrected chi connectivity index (χ4v) is 3.14. The summed E-state index contributed by atoms with van der Waals surface area (Å²) in [6.45, 7) is 2.77. The fourth-order valence-electron chi connectivity index (χ4n) is 2.62. The minimum absolute atomic E-state index is 0.162. The maximum Gasteiger partial charge on any atom is 0.263 e. The minimum Gasteiger partial charge on any atom is -0.490 e. The lowest BCUT2D eigenvalue weighted by Crippen LogP contribution is -2.22. The van der Waals surface area contributed by atoms with E-state index in [1.54, 1.807) is 41.2 Å². The van der Waals surface area contributed by atoms with Crippen LogP contribution < -0.4 is 14.8 Å². The smallest absolute Gasteiger partial charge is 0.263 e. The lowest BCUT2D eigenvalue weighted by molar-refractivity contribution is -0.118. The molecular weight excluding hydrogens is 413 g/mol. The normalized spacial score (nSPS) is 10.6. The van der Waals surface area contributed by atoms with E-state index in [1.165, 1.54) is 0 Å². The SMILES string of the molecule is CCCOc1ccccc1OCC(=O)Nc1ccnn1Cc1c(Cl)cccc1Cl. The van der Waals surface area contributed by atoms with Crippen molar-refractivity contribution in [2.75, 3.05) is 18.5 Å². The van der Waals surface area contributed by atoms with E-state index in [0.717, 1.165) is 12.0 Å². The molecule has 1 N–H and O–H groups in total. The first-order chi connectivity index (χ1) is 14.1. The molecular formula is C21H21Cl2N3O3. The predicted molar refractivity (Wildman–Crippen MR) is 114 cm³/mol. The number of carbonyl (C=O) groups is 1. The molecule has 0 aliphatic carbocycles. The zero-order valence-corrected chi connectivity index (χ0v) is 17.4. The maximum atomic E-state index is 12.4. The number of halogens is 2. The Kier molecular flexibility index (Phi) is 7.38. The van der Waals surface area contributed by atoms with E-state index in [9.17, 15) is 4.79 Å². The highest BCUT2D eigenvalue weighted by Crippen LogP contribution is 2.27. The summed E-state index contributed by atoms with van der Waals surface area (Å²) >= 11 is 12.5. The first kappa shape index (κ1) is 21.0. The van der Waals surface area contributed by atoms with Gasteiger partial charge in [0, 0.05) is 21.7 Å². The lowest BCUT2D eigenvalue weighted by Gasteiger charge is -2.13. The Morgan fingerprint density at radius 3 is 2.41 bits per heavy atom. The largest absolute Gasteiger partial charge is 0.490 e. The quantitative estimate of drug-likeness (QED) is 0.512. The van der Waals surface area contributed by atoms with Crippen molar-refractivity contribution in [3.8, 4) is 11.5 Å². The summed E-state index contributed by atoms with van der Waals surface area (Å²) in [6, 6.07) is 14.3. The first-order valence-corrected chi connectivity index (χ1v) is 9.93. The molecule has 6 nitrogen and oxygen atoms in total. The minimum atomic E-state index is -0.317. The van der Waals surface area contributed by atoms with Gasteiger partial charge in [-0.25, -0.2) is 4.68 Å². The van der Waals surface area contributed by atoms with Crippen LogP contribution in [0, 0.1) is 0 Å². The van der Waals surface area contributed by atoms with E-state index in [2.05, 4.69) is 10.4 Å². The van der Waals surface area contributed by atoms with Crippen LogP contribution in [0.15, 0.2) is 54.7 Å². The summed E-state index contributed by atoms with van der Waals surface area (Å²) in [5.74, 6) is 1.33. The molecule has 0 aliphatic rings. The molecule has 0 radical (unpaired) electrons. The number of ether oxygens (including phenoxy) is 2. The molecule has 3 aromatic rings. The van der Waals surface area contributed by atoms with Gasteiger partial charge in [-0.1, -0.05) is 48.3 Å². The molecule has 0 saturated carbocycles. The Balaban J connectivity index is 1.62. The lowest BCUT2D eigenvalue weighted by atomic mass is 10.2. The predicted octanol–water partition coefficient (Wildman–Crippen LogP) is 5.04. The standard InChI is InChI=1S/C21H21Cl2N3O3/c1-2-12-28-18-8-3-4-9-19(18)29-14-21(27)25-20-10-11-24-26(20)13-15-16(22)6-5-7-17(15)23/h3-11H,2,12-14H2,1H3,(H,25,27). The molecule has 29 heavy (non-hydrogen) atoms. The van der Waals surface area contributed by atoms with Gasteiger partial charge in [0.1, 0.15) is 5.82 Å². The molecule has 0 spiro atoms. The number of nitrogens with one attached hydrogen (secondary N) is 1. The van der Waals surface area contributed by atoms with Crippen LogP contribution in [0.1, 0.15) is 18.9 Å². The third-order valence-electron chi connectivity index (χ3n) is 4.02. The number of hydrogen-bond donors (Lipinski definition) is 1. The van der Waals surface area contributed by atoms with Gasteiger partial charge in [-0.3, -0.25) is 4.79 Å². The number of benzene rings is 2. The van der Waals surface area contributed by atoms with Crippen molar-refractivity contribution in [1.29, 1.82) is 0 Å². The molecule has 0 atom stereocenters. The second-order valence-corrected chi connectivity index (χ2v) is 7.02. The number of amides is 1. The van der Waals surface area contributed by atoms with Crippen LogP contribution in [0.3, 0.4) is 0 Å². The zero-order chi connectivity index (χ0) is 20.6. The van der Waals surface area contributed by atoms with E-state index in [4.69, 9.17) is 32.7 Å². The monoisotopic (exact) mass is 433 g/mol. The highest BCUT2D eigenvalue weighted by atomic mass is 35.5. The molecule has 0 saturated heterocycles. The zero-order valence-electron chi connectivity index (χ0n) is 15.9. The Hall–Kier alpha value is -2.70. The molecule has 1 heterocycles. The molecule has 0 bridgehead atoms. The molecule has 8 heteroatoms. The third-order valence-corrected chi connectivity index (χ3v) is 4.73. The molecule has 152 valence electrons. The van der Waals surface area contributed by atoms with E-state index in [1.807, 2.05) is 25.1 Å². The molecule has 1 aromatic heterocycles. The highest BCUT2D eigenvalue weighted by Gasteiger charge is 2.13. The fraction of sp³-hybridized carbons (Fsp3) is 0.238. The van der Waals surface area contributed by atoms with E-state index in [-0.39, 0.29) is 12.5 Å². The number of carbonyl (C=O) groups excluding carboxylic acids is 1. The number of aromatic nitrogens is 2. The Morgan fingerprint density at radius 2 is 1.72 bits per heavy atom. The van der Waals surface area contributed by atoms with Gasteiger partial charge in [0.15, 0.2) is 18.1 Å². The first-order valence-electron chi connectivity index (χ1n) is 9.17. The summed E-state index contributed by atoms with van der Waals surface area (Å²) in [7, 11) is 0. The number of nitrogens with zero attached hydrogens (tertiary/aromatic N) is 2. The van der Waals surface area contributed by atoms with Crippen molar-refractivity contribution in [2.24, 2.45) is 0 Å². The van der Waals surface area contributed by atoms with Crippen LogP contribution >= 0.6 is 23.2 Å². The van der Waals surface area contributed by atoms with Gasteiger partial charge in [-0.2, -0.15) is 5.10 Å². The van der Waals surface area contributed by atoms with E-state index in [0.29, 0.717) is 40.5 Å². The Bertz CT molecular complexity index is 955. The van der Waals surface area contributed by atoms with Gasteiger partial charge in [0.2, 0.25) is 0 Å². The van der Waals surface area contributed by atoms with Crippen molar-refractivity contribution in [3.63, 3.8) is 0 Å². The van der Waals surface area contributed by atoms with Crippen LogP contribution in [0.2, 0.25) is 10.0 Å². The van der Waals surface area contributed by atoms with Gasteiger partial charge < -0.3 is 14.8 Å². The number of anilines is 1. The Morgan fingerprint density at radius 1 is 1.03 bits per heavy atom. The summed E-state index contributed by atoms with van der Waals surface area (Å²) in [5, 5.41) is 8.11. The van der Waals surface area contributed by atoms with Crippen LogP contribution in [-0.2, 0) is 11.3 Å². The van der Waals surface area contributed by atoms with Crippen molar-refractivity contribution in [1.82, 2.24) is 9.78 Å². The van der Waals surface area contributed by atoms with Crippen LogP contribution in [0.5, 0.6) is 11.5 Å². The summed E-state index contributed by atoms with van der Waals surface area (Å²) < 4.78 is 12.9. The average molecular weight is 434 g/mol.